The highest BCUT2D eigenvalue weighted by Gasteiger charge is 2.30. The minimum Gasteiger partial charge on any atom is -0.468 e. The number of halogens is 3. The Labute approximate surface area is 97.3 Å². The maximum Gasteiger partial charge on any atom is 0.417 e. The van der Waals surface area contributed by atoms with Crippen molar-refractivity contribution in [3.63, 3.8) is 0 Å². The molecule has 1 rings (SSSR count). The van der Waals surface area contributed by atoms with Gasteiger partial charge >= 0.3 is 12.1 Å². The van der Waals surface area contributed by atoms with Gasteiger partial charge in [0.2, 0.25) is 0 Å². The van der Waals surface area contributed by atoms with Gasteiger partial charge in [0.05, 0.1) is 23.5 Å². The van der Waals surface area contributed by atoms with Gasteiger partial charge in [-0.05, 0) is 12.1 Å². The van der Waals surface area contributed by atoms with Crippen molar-refractivity contribution >= 4 is 16.8 Å². The van der Waals surface area contributed by atoms with Gasteiger partial charge in [-0.3, -0.25) is 9.00 Å². The first-order chi connectivity index (χ1) is 7.84. The van der Waals surface area contributed by atoms with Crippen LogP contribution >= 0.6 is 0 Å². The van der Waals surface area contributed by atoms with E-state index in [1.165, 1.54) is 0 Å². The number of aromatic nitrogens is 1. The molecule has 17 heavy (non-hydrogen) atoms. The Morgan fingerprint density at radius 2 is 2.12 bits per heavy atom. The maximum absolute atomic E-state index is 12.2. The second-order valence-electron chi connectivity index (χ2n) is 2.95. The number of esters is 1. The van der Waals surface area contributed by atoms with Crippen molar-refractivity contribution in [3.8, 4) is 0 Å². The van der Waals surface area contributed by atoms with Crippen LogP contribution < -0.4 is 0 Å². The molecular weight excluding hydrogens is 259 g/mol. The van der Waals surface area contributed by atoms with Gasteiger partial charge < -0.3 is 4.74 Å². The molecule has 0 saturated heterocycles. The number of methoxy groups -OCH3 is 1. The lowest BCUT2D eigenvalue weighted by atomic mass is 10.3. The van der Waals surface area contributed by atoms with Crippen LogP contribution in [0.15, 0.2) is 23.4 Å². The molecule has 0 spiro atoms. The Kier molecular flexibility index (Phi) is 4.22. The zero-order valence-electron chi connectivity index (χ0n) is 8.65. The average Bonchev–Trinajstić information content (AvgIpc) is 2.27. The Morgan fingerprint density at radius 3 is 2.53 bits per heavy atom. The van der Waals surface area contributed by atoms with Crippen molar-refractivity contribution in [2.75, 3.05) is 12.9 Å². The highest BCUT2D eigenvalue weighted by atomic mass is 32.2. The van der Waals surface area contributed by atoms with E-state index < -0.39 is 34.3 Å². The van der Waals surface area contributed by atoms with E-state index in [-0.39, 0.29) is 5.03 Å². The second kappa shape index (κ2) is 5.26. The number of hydrogen-bond acceptors (Lipinski definition) is 4. The maximum atomic E-state index is 12.2. The van der Waals surface area contributed by atoms with Crippen LogP contribution in [0.2, 0.25) is 0 Å². The molecule has 8 heteroatoms. The number of carbonyl (C=O) groups is 1. The van der Waals surface area contributed by atoms with E-state index in [0.717, 1.165) is 19.2 Å². The Bertz CT molecular complexity index is 430. The van der Waals surface area contributed by atoms with E-state index in [1.54, 1.807) is 0 Å². The summed E-state index contributed by atoms with van der Waals surface area (Å²) in [5, 5.41) is -0.0941. The third-order valence-electron chi connectivity index (χ3n) is 1.77. The minimum absolute atomic E-state index is 0.0941. The van der Waals surface area contributed by atoms with Crippen molar-refractivity contribution in [2.45, 2.75) is 11.2 Å². The Morgan fingerprint density at radius 1 is 1.47 bits per heavy atom. The standard InChI is InChI=1S/C9H8F3NO3S/c1-16-8(14)5-17(15)7-3-2-6(4-13-7)9(10,11)12/h2-4H,5H2,1H3. The number of nitrogens with zero attached hydrogens (tertiary/aromatic N) is 1. The van der Waals surface area contributed by atoms with Gasteiger partial charge in [-0.25, -0.2) is 4.98 Å². The van der Waals surface area contributed by atoms with Crippen LogP contribution in [0.3, 0.4) is 0 Å². The summed E-state index contributed by atoms with van der Waals surface area (Å²) in [5.41, 5.74) is -0.934. The molecule has 0 bridgehead atoms. The van der Waals surface area contributed by atoms with Gasteiger partial charge in [0.25, 0.3) is 0 Å². The topological polar surface area (TPSA) is 56.3 Å². The smallest absolute Gasteiger partial charge is 0.417 e. The highest BCUT2D eigenvalue weighted by Crippen LogP contribution is 2.28. The fraction of sp³-hybridized carbons (Fsp3) is 0.333. The number of carbonyl (C=O) groups excluding carboxylic acids is 1. The highest BCUT2D eigenvalue weighted by molar-refractivity contribution is 7.85. The predicted molar refractivity (Wildman–Crippen MR) is 52.5 cm³/mol. The molecule has 1 unspecified atom stereocenters. The fourth-order valence-electron chi connectivity index (χ4n) is 0.923. The summed E-state index contributed by atoms with van der Waals surface area (Å²) in [6.45, 7) is 0. The number of pyridine rings is 1. The lowest BCUT2D eigenvalue weighted by Crippen LogP contribution is -2.13. The van der Waals surface area contributed by atoms with E-state index in [4.69, 9.17) is 0 Å². The third kappa shape index (κ3) is 3.81. The van der Waals surface area contributed by atoms with Crippen molar-refractivity contribution in [1.82, 2.24) is 4.98 Å². The minimum atomic E-state index is -4.49. The molecule has 1 aromatic rings. The third-order valence-corrected chi connectivity index (χ3v) is 2.98. The van der Waals surface area contributed by atoms with E-state index in [9.17, 15) is 22.2 Å². The van der Waals surface area contributed by atoms with Gasteiger partial charge in [-0.1, -0.05) is 0 Å². The van der Waals surface area contributed by atoms with Crippen molar-refractivity contribution < 1.29 is 26.9 Å². The molecule has 0 amide bonds. The first-order valence-corrected chi connectivity index (χ1v) is 5.65. The number of ether oxygens (including phenoxy) is 1. The molecule has 0 radical (unpaired) electrons. The Hall–Kier alpha value is -1.44. The lowest BCUT2D eigenvalue weighted by Gasteiger charge is -2.06. The molecule has 0 saturated carbocycles. The summed E-state index contributed by atoms with van der Waals surface area (Å²) < 4.78 is 52.3. The molecule has 94 valence electrons. The summed E-state index contributed by atoms with van der Waals surface area (Å²) in [6.07, 6.45) is -3.92. The summed E-state index contributed by atoms with van der Waals surface area (Å²) in [7, 11) is -0.677. The van der Waals surface area contributed by atoms with Crippen LogP contribution in [0.5, 0.6) is 0 Å². The molecular formula is C9H8F3NO3S. The molecule has 0 fully saturated rings. The largest absolute Gasteiger partial charge is 0.468 e. The van der Waals surface area contributed by atoms with E-state index in [1.807, 2.05) is 0 Å². The van der Waals surface area contributed by atoms with Crippen LogP contribution in [0.1, 0.15) is 5.56 Å². The zero-order valence-corrected chi connectivity index (χ0v) is 9.47. The number of rotatable bonds is 3. The van der Waals surface area contributed by atoms with Gasteiger partial charge in [0.1, 0.15) is 10.8 Å². The fourth-order valence-corrected chi connectivity index (χ4v) is 1.79. The molecule has 0 aliphatic carbocycles. The van der Waals surface area contributed by atoms with Crippen LogP contribution in [0.25, 0.3) is 0 Å². The Balaban J connectivity index is 2.81. The first kappa shape index (κ1) is 13.6. The molecule has 1 aromatic heterocycles. The molecule has 0 aliphatic heterocycles. The van der Waals surface area contributed by atoms with Crippen molar-refractivity contribution in [2.24, 2.45) is 0 Å². The first-order valence-electron chi connectivity index (χ1n) is 4.33. The van der Waals surface area contributed by atoms with Crippen LogP contribution in [0.4, 0.5) is 13.2 Å². The summed E-state index contributed by atoms with van der Waals surface area (Å²) in [4.78, 5) is 14.2. The SMILES string of the molecule is COC(=O)CS(=O)c1ccc(C(F)(F)F)cn1. The molecule has 1 atom stereocenters. The lowest BCUT2D eigenvalue weighted by molar-refractivity contribution is -0.138. The molecule has 0 N–H and O–H groups in total. The second-order valence-corrected chi connectivity index (χ2v) is 4.35. The van der Waals surface area contributed by atoms with E-state index >= 15 is 0 Å². The summed E-state index contributed by atoms with van der Waals surface area (Å²) in [5.74, 6) is -1.15. The van der Waals surface area contributed by atoms with Crippen LogP contribution in [-0.2, 0) is 26.5 Å². The van der Waals surface area contributed by atoms with E-state index in [2.05, 4.69) is 9.72 Å². The van der Waals surface area contributed by atoms with Gasteiger partial charge in [0, 0.05) is 6.20 Å². The molecule has 0 aromatic carbocycles. The van der Waals surface area contributed by atoms with Crippen molar-refractivity contribution in [3.05, 3.63) is 23.9 Å². The quantitative estimate of drug-likeness (QED) is 0.776. The molecule has 4 nitrogen and oxygen atoms in total. The predicted octanol–water partition coefficient (Wildman–Crippen LogP) is 1.38. The number of hydrogen-bond donors (Lipinski definition) is 0. The van der Waals surface area contributed by atoms with Gasteiger partial charge in [-0.2, -0.15) is 13.2 Å². The van der Waals surface area contributed by atoms with Crippen LogP contribution in [0, 0.1) is 0 Å². The summed E-state index contributed by atoms with van der Waals surface area (Å²) in [6, 6.07) is 1.74. The van der Waals surface area contributed by atoms with Crippen molar-refractivity contribution in [1.29, 1.82) is 0 Å². The molecule has 1 heterocycles. The zero-order chi connectivity index (χ0) is 13.1. The number of alkyl halides is 3. The van der Waals surface area contributed by atoms with Crippen LogP contribution in [-0.4, -0.2) is 28.0 Å². The normalized spacial score (nSPS) is 13.2. The van der Waals surface area contributed by atoms with E-state index in [0.29, 0.717) is 6.20 Å². The summed E-state index contributed by atoms with van der Waals surface area (Å²) >= 11 is 0. The molecule has 0 aliphatic rings. The average molecular weight is 267 g/mol. The monoisotopic (exact) mass is 267 g/mol. The van der Waals surface area contributed by atoms with Gasteiger partial charge in [0.15, 0.2) is 0 Å². The van der Waals surface area contributed by atoms with Gasteiger partial charge in [-0.15, -0.1) is 0 Å².